The highest BCUT2D eigenvalue weighted by Gasteiger charge is 2.21. The summed E-state index contributed by atoms with van der Waals surface area (Å²) in [4.78, 5) is 42.8. The van der Waals surface area contributed by atoms with Gasteiger partial charge in [-0.2, -0.15) is 0 Å². The third-order valence-electron chi connectivity index (χ3n) is 15.6. The number of nitrogens with zero attached hydrogens (tertiary/aromatic N) is 5. The minimum Gasteiger partial charge on any atom is -0.508 e. The number of aliphatic hydroxyl groups excluding tert-OH is 4. The quantitative estimate of drug-likeness (QED) is 0.0187. The number of carbonyl (C=O) groups excluding carboxylic acids is 3. The summed E-state index contributed by atoms with van der Waals surface area (Å²) in [6.45, 7) is 17.1. The molecule has 0 unspecified atom stereocenters. The van der Waals surface area contributed by atoms with Crippen molar-refractivity contribution in [2.24, 2.45) is 5.73 Å². The Morgan fingerprint density at radius 2 is 0.667 bits per heavy atom. The zero-order valence-electron chi connectivity index (χ0n) is 69.8. The van der Waals surface area contributed by atoms with Gasteiger partial charge in [0.1, 0.15) is 46.2 Å². The molecule has 0 heterocycles. The number of carbonyl (C=O) groups is 3. The van der Waals surface area contributed by atoms with E-state index in [-0.39, 0.29) is 55.9 Å². The van der Waals surface area contributed by atoms with Crippen LogP contribution in [0.5, 0.6) is 28.7 Å². The van der Waals surface area contributed by atoms with E-state index in [2.05, 4.69) is 74.3 Å². The highest BCUT2D eigenvalue weighted by molar-refractivity contribution is 9.09. The third kappa shape index (κ3) is 52.6. The Balaban J connectivity index is 0.000000646. The van der Waals surface area contributed by atoms with Crippen molar-refractivity contribution in [1.29, 1.82) is 0 Å². The minimum atomic E-state index is -0.496. The van der Waals surface area contributed by atoms with Crippen molar-refractivity contribution in [1.82, 2.24) is 29.8 Å². The summed E-state index contributed by atoms with van der Waals surface area (Å²) in [5.74, 6) is 1.25. The topological polar surface area (TPSA) is 306 Å². The molecule has 22 heteroatoms. The monoisotopic (exact) mass is 1640 g/mol. The Hall–Kier alpha value is -9.69. The van der Waals surface area contributed by atoms with E-state index in [9.17, 15) is 24.6 Å². The van der Waals surface area contributed by atoms with Crippen molar-refractivity contribution in [3.05, 3.63) is 291 Å². The second kappa shape index (κ2) is 59.1. The molecule has 0 aliphatic heterocycles. The number of phenols is 5. The van der Waals surface area contributed by atoms with Crippen molar-refractivity contribution in [2.75, 3.05) is 101 Å². The SMILES string of the molecule is CN(C)CCc1cccc(CO)c1.CN(C)CCc1cccc(O)c1.CN(C)Cc1cccc(O)c1.CN(CCc1cccc(O)c1)C(=O)OC(C)(C)C.CN(Cc1cccc(O)c1)C(=O)OC(C)(C)C.CNCCc1cccc(CO)c1.NCCc1cccc(CO)c1.O=Cc1cccc(O)c1.OCc1cccc(CCBr)c1. The number of nitrogens with two attached hydrogens (primary N) is 1. The molecule has 9 aromatic carbocycles. The molecule has 0 saturated carbocycles. The summed E-state index contributed by atoms with van der Waals surface area (Å²) in [7, 11) is 17.5. The number of alkyl halides is 1. The molecule has 2 amide bonds. The van der Waals surface area contributed by atoms with Crippen molar-refractivity contribution in [2.45, 2.75) is 131 Å². The maximum atomic E-state index is 11.7. The fourth-order valence-corrected chi connectivity index (χ4v) is 10.3. The summed E-state index contributed by atoms with van der Waals surface area (Å²) < 4.78 is 10.5. The number of nitrogens with one attached hydrogen (secondary N) is 1. The second-order valence-electron chi connectivity index (χ2n) is 29.5. The Morgan fingerprint density at radius 3 is 0.974 bits per heavy atom. The number of likely N-dealkylation sites (N-methyl/N-ethyl adjacent to an activating group) is 4. The van der Waals surface area contributed by atoms with Gasteiger partial charge in [0, 0.05) is 57.7 Å². The van der Waals surface area contributed by atoms with Crippen LogP contribution in [0, 0.1) is 0 Å². The van der Waals surface area contributed by atoms with Gasteiger partial charge in [-0.15, -0.1) is 0 Å². The molecule has 21 nitrogen and oxygen atoms in total. The average Bonchev–Trinajstić information content (AvgIpc) is 0.892. The lowest BCUT2D eigenvalue weighted by molar-refractivity contribution is 0.0280. The predicted octanol–water partition coefficient (Wildman–Crippen LogP) is 14.7. The minimum absolute atomic E-state index is 0.110. The van der Waals surface area contributed by atoms with Crippen LogP contribution in [-0.4, -0.2) is 202 Å². The number of rotatable bonds is 25. The number of aryl methyl sites for hydroxylation is 1. The standard InChI is InChI=1S/C14H21NO3.C13H19NO3.C11H17NO.2C10H15NO.C9H11BrO.2C9H13NO.C7H6O2/c1-14(2,3)18-13(17)15(4)9-8-11-6-5-7-12(16)10-11;1-13(2,3)17-12(16)14(4)9-10-6-5-7-11(15)8-10;1-12(2)7-6-10-4-3-5-11(8-10)9-13;1-11(2)7-6-9-4-3-5-10(12)8-9;1-11-6-5-9-3-2-4-10(7-9)8-12;10-5-4-8-2-1-3-9(6-8)7-11;1-10(2)7-8-4-3-5-9(11)6-8;10-5-4-8-2-1-3-9(6-8)7-11;8-5-6-2-1-3-7(9)4-6/h5-7,10,16H,8-9H2,1-4H3;5-8,15H,9H2,1-4H3;3-5,8,13H,6-7,9H2,1-2H3;3-5,8,12H,6-7H2,1-2H3;2-4,7,11-12H,5-6,8H2,1H3;1-3,6,11H,4-5,7H2;3-6,11H,7H2,1-2H3;1-3,6,11H,4-5,7,10H2;1-5,9H. The van der Waals surface area contributed by atoms with Crippen LogP contribution in [-0.2, 0) is 87.5 Å². The Morgan fingerprint density at radius 1 is 0.377 bits per heavy atom. The van der Waals surface area contributed by atoms with Gasteiger partial charge in [0.15, 0.2) is 0 Å². The molecule has 9 aromatic rings. The fourth-order valence-electron chi connectivity index (χ4n) is 9.89. The smallest absolute Gasteiger partial charge is 0.410 e. The Labute approximate surface area is 687 Å². The first kappa shape index (κ1) is 102. The van der Waals surface area contributed by atoms with Crippen LogP contribution in [0.3, 0.4) is 0 Å². The number of aldehydes is 1. The van der Waals surface area contributed by atoms with Gasteiger partial charge < -0.3 is 91.0 Å². The first-order valence-corrected chi connectivity index (χ1v) is 39.0. The van der Waals surface area contributed by atoms with Crippen LogP contribution < -0.4 is 11.1 Å². The summed E-state index contributed by atoms with van der Waals surface area (Å²) in [5.41, 5.74) is 18.0. The third-order valence-corrected chi connectivity index (χ3v) is 16.0. The molecule has 12 N–H and O–H groups in total. The first-order chi connectivity index (χ1) is 54.1. The van der Waals surface area contributed by atoms with E-state index in [4.69, 9.17) is 51.0 Å². The van der Waals surface area contributed by atoms with Crippen LogP contribution >= 0.6 is 15.9 Å². The van der Waals surface area contributed by atoms with E-state index >= 15 is 0 Å². The van der Waals surface area contributed by atoms with Crippen LogP contribution in [0.4, 0.5) is 9.59 Å². The lowest BCUT2D eigenvalue weighted by atomic mass is 10.1. The van der Waals surface area contributed by atoms with Gasteiger partial charge in [-0.05, 0) is 270 Å². The van der Waals surface area contributed by atoms with Crippen LogP contribution in [0.1, 0.15) is 119 Å². The number of benzene rings is 9. The summed E-state index contributed by atoms with van der Waals surface area (Å²) in [6, 6.07) is 66.7. The van der Waals surface area contributed by atoms with Crippen molar-refractivity contribution in [3.8, 4) is 28.7 Å². The zero-order chi connectivity index (χ0) is 85.4. The maximum Gasteiger partial charge on any atom is 0.410 e. The molecule has 0 aromatic heterocycles. The number of aliphatic hydroxyl groups is 4. The molecular weight excluding hydrogens is 1510 g/mol. The van der Waals surface area contributed by atoms with Gasteiger partial charge in [-0.3, -0.25) is 4.79 Å². The van der Waals surface area contributed by atoms with E-state index in [0.29, 0.717) is 49.4 Å². The number of ether oxygens (including phenoxy) is 2. The normalized spacial score (nSPS) is 10.5. The van der Waals surface area contributed by atoms with E-state index < -0.39 is 11.2 Å². The molecular formula is C92H130BrN7O14. The van der Waals surface area contributed by atoms with Gasteiger partial charge in [0.2, 0.25) is 0 Å². The van der Waals surface area contributed by atoms with Crippen molar-refractivity contribution in [3.63, 3.8) is 0 Å². The van der Waals surface area contributed by atoms with Crippen LogP contribution in [0.2, 0.25) is 0 Å². The van der Waals surface area contributed by atoms with Gasteiger partial charge >= 0.3 is 12.2 Å². The molecule has 0 spiro atoms. The molecule has 0 aliphatic rings. The molecule has 0 atom stereocenters. The Bertz CT molecular complexity index is 4020. The first-order valence-electron chi connectivity index (χ1n) is 37.9. The lowest BCUT2D eigenvalue weighted by Gasteiger charge is -2.24. The molecule has 0 fully saturated rings. The average molecular weight is 1640 g/mol. The summed E-state index contributed by atoms with van der Waals surface area (Å²) in [6.07, 6.45) is 5.63. The van der Waals surface area contributed by atoms with E-state index in [0.717, 1.165) is 103 Å². The van der Waals surface area contributed by atoms with E-state index in [1.54, 1.807) is 80.8 Å². The second-order valence-corrected chi connectivity index (χ2v) is 30.3. The number of aromatic hydroxyl groups is 5. The zero-order valence-corrected chi connectivity index (χ0v) is 71.4. The molecule has 0 saturated heterocycles. The molecule has 0 bridgehead atoms. The van der Waals surface area contributed by atoms with Crippen molar-refractivity contribution >= 4 is 34.4 Å². The number of hydrogen-bond acceptors (Lipinski definition) is 19. The van der Waals surface area contributed by atoms with Crippen molar-refractivity contribution < 1.29 is 69.8 Å². The van der Waals surface area contributed by atoms with Crippen LogP contribution in [0.25, 0.3) is 0 Å². The van der Waals surface area contributed by atoms with E-state index in [1.165, 1.54) is 49.7 Å². The summed E-state index contributed by atoms with van der Waals surface area (Å²) >= 11 is 3.37. The van der Waals surface area contributed by atoms with Gasteiger partial charge in [0.05, 0.1) is 26.4 Å². The van der Waals surface area contributed by atoms with Crippen LogP contribution in [0.15, 0.2) is 218 Å². The lowest BCUT2D eigenvalue weighted by Crippen LogP contribution is -2.35. The molecule has 0 radical (unpaired) electrons. The highest BCUT2D eigenvalue weighted by Crippen LogP contribution is 2.19. The molecule has 624 valence electrons. The van der Waals surface area contributed by atoms with Gasteiger partial charge in [-0.1, -0.05) is 174 Å². The maximum absolute atomic E-state index is 11.7. The number of amides is 2. The predicted molar refractivity (Wildman–Crippen MR) is 465 cm³/mol. The van der Waals surface area contributed by atoms with Gasteiger partial charge in [-0.25, -0.2) is 9.59 Å². The number of halogens is 1. The molecule has 0 aliphatic carbocycles. The fraction of sp³-hybridized carbons (Fsp3) is 0.380. The largest absolute Gasteiger partial charge is 0.508 e. The highest BCUT2D eigenvalue weighted by atomic mass is 79.9. The number of hydrogen-bond donors (Lipinski definition) is 11. The van der Waals surface area contributed by atoms with E-state index in [1.807, 2.05) is 192 Å². The van der Waals surface area contributed by atoms with Gasteiger partial charge in [0.25, 0.3) is 0 Å². The molecule has 9 rings (SSSR count). The summed E-state index contributed by atoms with van der Waals surface area (Å²) in [5, 5.41) is 85.2. The molecule has 114 heavy (non-hydrogen) atoms. The Kier molecular flexibility index (Phi) is 53.0. The number of phenolic OH excluding ortho intramolecular Hbond substituents is 5.